The number of likely N-dealkylation sites (tertiary alicyclic amines) is 1. The molecule has 9 heteroatoms. The maximum Gasteiger partial charge on any atom is 0.410 e. The number of aromatic nitrogens is 3. The highest BCUT2D eigenvalue weighted by molar-refractivity contribution is 5.83. The van der Waals surface area contributed by atoms with Crippen molar-refractivity contribution < 1.29 is 19.0 Å². The molecule has 1 N–H and O–H groups in total. The Morgan fingerprint density at radius 1 is 0.974 bits per heavy atom. The Morgan fingerprint density at radius 2 is 1.74 bits per heavy atom. The van der Waals surface area contributed by atoms with E-state index >= 15 is 0 Å². The van der Waals surface area contributed by atoms with Gasteiger partial charge in [-0.15, -0.1) is 5.10 Å². The molecule has 3 heterocycles. The van der Waals surface area contributed by atoms with Gasteiger partial charge in [-0.05, 0) is 75.9 Å². The maximum absolute atomic E-state index is 12.9. The molecule has 0 radical (unpaired) electrons. The van der Waals surface area contributed by atoms with Gasteiger partial charge in [-0.1, -0.05) is 24.3 Å². The molecular weight excluding hydrogens is 494 g/mol. The molecule has 1 amide bonds. The van der Waals surface area contributed by atoms with Crippen LogP contribution in [-0.2, 0) is 4.74 Å². The number of nitrogens with one attached hydrogen (secondary N) is 1. The van der Waals surface area contributed by atoms with Crippen LogP contribution >= 0.6 is 0 Å². The highest BCUT2D eigenvalue weighted by Gasteiger charge is 2.31. The molecule has 39 heavy (non-hydrogen) atoms. The third-order valence-electron chi connectivity index (χ3n) is 6.74. The number of anilines is 2. The van der Waals surface area contributed by atoms with Crippen molar-refractivity contribution in [1.29, 1.82) is 0 Å². The van der Waals surface area contributed by atoms with Crippen LogP contribution in [0.1, 0.15) is 51.6 Å². The van der Waals surface area contributed by atoms with Crippen LogP contribution in [0.15, 0.2) is 60.8 Å². The van der Waals surface area contributed by atoms with E-state index in [1.165, 1.54) is 0 Å². The Labute approximate surface area is 228 Å². The van der Waals surface area contributed by atoms with Crippen LogP contribution in [0, 0.1) is 0 Å². The topological polar surface area (TPSA) is 90.2 Å². The molecule has 0 saturated carbocycles. The van der Waals surface area contributed by atoms with Crippen LogP contribution in [0.5, 0.6) is 11.5 Å². The van der Waals surface area contributed by atoms with Crippen LogP contribution in [0.2, 0.25) is 0 Å². The van der Waals surface area contributed by atoms with Crippen molar-refractivity contribution in [1.82, 2.24) is 19.5 Å². The average molecular weight is 530 g/mol. The third kappa shape index (κ3) is 5.62. The summed E-state index contributed by atoms with van der Waals surface area (Å²) in [5.41, 5.74) is 3.86. The van der Waals surface area contributed by atoms with Gasteiger partial charge in [0.15, 0.2) is 17.1 Å². The highest BCUT2D eigenvalue weighted by Crippen LogP contribution is 2.39. The molecule has 0 bridgehead atoms. The van der Waals surface area contributed by atoms with Gasteiger partial charge >= 0.3 is 6.09 Å². The summed E-state index contributed by atoms with van der Waals surface area (Å²) in [6.45, 7) is 6.39. The summed E-state index contributed by atoms with van der Waals surface area (Å²) in [7, 11) is 3.25. The van der Waals surface area contributed by atoms with Gasteiger partial charge in [0.1, 0.15) is 5.60 Å². The van der Waals surface area contributed by atoms with Crippen molar-refractivity contribution in [3.05, 3.63) is 66.4 Å². The number of rotatable bonds is 6. The molecule has 0 spiro atoms. The zero-order valence-electron chi connectivity index (χ0n) is 23.1. The number of nitrogens with zero attached hydrogens (tertiary/aromatic N) is 4. The molecule has 1 fully saturated rings. The maximum atomic E-state index is 12.9. The van der Waals surface area contributed by atoms with Crippen molar-refractivity contribution in [3.63, 3.8) is 0 Å². The molecule has 1 atom stereocenters. The van der Waals surface area contributed by atoms with E-state index in [9.17, 15) is 4.79 Å². The summed E-state index contributed by atoms with van der Waals surface area (Å²) >= 11 is 0. The number of piperidine rings is 1. The molecule has 1 unspecified atom stereocenters. The molecule has 4 aromatic rings. The van der Waals surface area contributed by atoms with Gasteiger partial charge in [-0.3, -0.25) is 0 Å². The van der Waals surface area contributed by atoms with Crippen molar-refractivity contribution in [2.45, 2.75) is 51.7 Å². The average Bonchev–Trinajstić information content (AvgIpc) is 3.34. The summed E-state index contributed by atoms with van der Waals surface area (Å²) in [6, 6.07) is 17.8. The summed E-state index contributed by atoms with van der Waals surface area (Å²) in [6.07, 6.45) is 4.58. The molecule has 1 aliphatic rings. The largest absolute Gasteiger partial charge is 0.493 e. The number of carbonyl (C=O) groups excluding carboxylic acids is 1. The predicted octanol–water partition coefficient (Wildman–Crippen LogP) is 6.62. The summed E-state index contributed by atoms with van der Waals surface area (Å²) < 4.78 is 18.5. The van der Waals surface area contributed by atoms with Gasteiger partial charge in [0, 0.05) is 29.6 Å². The zero-order chi connectivity index (χ0) is 27.6. The molecule has 5 rings (SSSR count). The second kappa shape index (κ2) is 10.8. The minimum atomic E-state index is -0.522. The van der Waals surface area contributed by atoms with Crippen LogP contribution in [0.25, 0.3) is 16.8 Å². The van der Waals surface area contributed by atoms with E-state index in [1.54, 1.807) is 18.7 Å². The number of para-hydroxylation sites is 1. The standard InChI is InChI=1S/C30H35N5O4/c1-30(2,3)39-29(36)34-18-7-6-12-24(34)20-14-16-21(17-15-20)31-28-32-27-23(11-9-19-35(27)33-28)22-10-8-13-25(37-4)26(22)38-5/h8-11,13-17,19,24H,6-7,12,18H2,1-5H3,(H,31,33). The molecule has 2 aromatic heterocycles. The molecule has 9 nitrogen and oxygen atoms in total. The van der Waals surface area contributed by atoms with Crippen LogP contribution in [-0.4, -0.2) is 52.0 Å². The first-order chi connectivity index (χ1) is 18.8. The summed E-state index contributed by atoms with van der Waals surface area (Å²) in [4.78, 5) is 19.5. The van der Waals surface area contributed by atoms with Crippen molar-refractivity contribution in [2.75, 3.05) is 26.1 Å². The molecule has 0 aliphatic carbocycles. The second-order valence-corrected chi connectivity index (χ2v) is 10.6. The minimum absolute atomic E-state index is 0.00336. The van der Waals surface area contributed by atoms with Gasteiger partial charge in [0.05, 0.1) is 20.3 Å². The van der Waals surface area contributed by atoms with Crippen molar-refractivity contribution in [3.8, 4) is 22.6 Å². The lowest BCUT2D eigenvalue weighted by atomic mass is 9.95. The van der Waals surface area contributed by atoms with Crippen LogP contribution in [0.4, 0.5) is 16.4 Å². The fourth-order valence-electron chi connectivity index (χ4n) is 5.00. The Morgan fingerprint density at radius 3 is 2.46 bits per heavy atom. The SMILES string of the molecule is COc1cccc(-c2cccn3nc(Nc4ccc(C5CCCCN5C(=O)OC(C)(C)C)cc4)nc23)c1OC. The lowest BCUT2D eigenvalue weighted by molar-refractivity contribution is 0.00951. The van der Waals surface area contributed by atoms with Gasteiger partial charge in [-0.25, -0.2) is 9.31 Å². The third-order valence-corrected chi connectivity index (χ3v) is 6.74. The number of hydrogen-bond donors (Lipinski definition) is 1. The van der Waals surface area contributed by atoms with E-state index in [4.69, 9.17) is 19.2 Å². The van der Waals surface area contributed by atoms with Crippen LogP contribution < -0.4 is 14.8 Å². The predicted molar refractivity (Wildman–Crippen MR) is 151 cm³/mol. The van der Waals surface area contributed by atoms with E-state index in [2.05, 4.69) is 22.5 Å². The fourth-order valence-corrected chi connectivity index (χ4v) is 5.00. The number of ether oxygens (including phenoxy) is 3. The number of amides is 1. The number of carbonyl (C=O) groups is 1. The molecule has 1 aliphatic heterocycles. The molecular formula is C30H35N5O4. The minimum Gasteiger partial charge on any atom is -0.493 e. The summed E-state index contributed by atoms with van der Waals surface area (Å²) in [5.74, 6) is 1.77. The number of pyridine rings is 1. The Hall–Kier alpha value is -4.27. The van der Waals surface area contributed by atoms with Gasteiger partial charge in [-0.2, -0.15) is 4.98 Å². The Balaban J connectivity index is 1.38. The van der Waals surface area contributed by atoms with Crippen molar-refractivity contribution in [2.24, 2.45) is 0 Å². The Bertz CT molecular complexity index is 1460. The van der Waals surface area contributed by atoms with Gasteiger partial charge in [0.2, 0.25) is 5.95 Å². The summed E-state index contributed by atoms with van der Waals surface area (Å²) in [5, 5.41) is 7.94. The fraction of sp³-hybridized carbons (Fsp3) is 0.367. The normalized spacial score (nSPS) is 15.7. The second-order valence-electron chi connectivity index (χ2n) is 10.6. The van der Waals surface area contributed by atoms with Gasteiger partial charge < -0.3 is 24.4 Å². The quantitative estimate of drug-likeness (QED) is 0.300. The van der Waals surface area contributed by atoms with E-state index in [0.29, 0.717) is 29.6 Å². The first-order valence-corrected chi connectivity index (χ1v) is 13.2. The zero-order valence-corrected chi connectivity index (χ0v) is 23.1. The molecule has 2 aromatic carbocycles. The Kier molecular flexibility index (Phi) is 7.32. The van der Waals surface area contributed by atoms with E-state index in [-0.39, 0.29) is 12.1 Å². The lowest BCUT2D eigenvalue weighted by Crippen LogP contribution is -2.41. The molecule has 1 saturated heterocycles. The van der Waals surface area contributed by atoms with Gasteiger partial charge in [0.25, 0.3) is 0 Å². The number of methoxy groups -OCH3 is 2. The van der Waals surface area contributed by atoms with E-state index in [1.807, 2.05) is 74.3 Å². The van der Waals surface area contributed by atoms with E-state index in [0.717, 1.165) is 41.6 Å². The molecule has 204 valence electrons. The first-order valence-electron chi connectivity index (χ1n) is 13.2. The first kappa shape index (κ1) is 26.3. The van der Waals surface area contributed by atoms with Crippen LogP contribution in [0.3, 0.4) is 0 Å². The smallest absolute Gasteiger partial charge is 0.410 e. The van der Waals surface area contributed by atoms with E-state index < -0.39 is 5.60 Å². The van der Waals surface area contributed by atoms with Crippen molar-refractivity contribution >= 4 is 23.4 Å². The number of hydrogen-bond acceptors (Lipinski definition) is 7. The lowest BCUT2D eigenvalue weighted by Gasteiger charge is -2.37. The monoisotopic (exact) mass is 529 g/mol. The number of benzene rings is 2. The number of fused-ring (bicyclic) bond motifs is 1. The highest BCUT2D eigenvalue weighted by atomic mass is 16.6.